The van der Waals surface area contributed by atoms with Crippen LogP contribution in [0.4, 0.5) is 5.69 Å². The minimum absolute atomic E-state index is 0.132. The van der Waals surface area contributed by atoms with Gasteiger partial charge in [-0.25, -0.2) is 4.79 Å². The number of benzene rings is 1. The fraction of sp³-hybridized carbons (Fsp3) is 0.550. The predicted octanol–water partition coefficient (Wildman–Crippen LogP) is 0.742. The van der Waals surface area contributed by atoms with Gasteiger partial charge in [0.15, 0.2) is 6.10 Å². The average molecular weight is 426 g/mol. The van der Waals surface area contributed by atoms with E-state index in [9.17, 15) is 19.5 Å². The Hall–Kier alpha value is -2.69. The monoisotopic (exact) mass is 426 g/mol. The number of carbonyl (C=O) groups excluding carboxylic acids is 3. The van der Waals surface area contributed by atoms with Gasteiger partial charge in [0.05, 0.1) is 25.4 Å². The van der Waals surface area contributed by atoms with Crippen LogP contribution in [0.25, 0.3) is 0 Å². The van der Waals surface area contributed by atoms with E-state index in [4.69, 9.17) is 24.7 Å². The first-order valence-corrected chi connectivity index (χ1v) is 9.43. The summed E-state index contributed by atoms with van der Waals surface area (Å²) >= 11 is 0. The summed E-state index contributed by atoms with van der Waals surface area (Å²) in [6.07, 6.45) is -1.02. The van der Waals surface area contributed by atoms with Crippen LogP contribution in [0.3, 0.4) is 0 Å². The molecule has 10 heteroatoms. The van der Waals surface area contributed by atoms with Crippen LogP contribution in [0, 0.1) is 0 Å². The van der Waals surface area contributed by atoms with Crippen molar-refractivity contribution in [2.75, 3.05) is 19.5 Å². The van der Waals surface area contributed by atoms with E-state index in [1.54, 1.807) is 32.2 Å². The molecule has 2 rings (SSSR count). The van der Waals surface area contributed by atoms with Crippen molar-refractivity contribution in [2.24, 2.45) is 5.73 Å². The molecule has 0 aromatic heterocycles. The van der Waals surface area contributed by atoms with Crippen molar-refractivity contribution in [2.45, 2.75) is 57.8 Å². The predicted molar refractivity (Wildman–Crippen MR) is 108 cm³/mol. The van der Waals surface area contributed by atoms with Gasteiger partial charge in [-0.05, 0) is 24.6 Å². The van der Waals surface area contributed by atoms with E-state index < -0.39 is 30.4 Å². The standard InChI is InChI=1S/C17H23NO7.C3H7NO/c1-10(20)23-12-7-15(17(21)22-3)25-16(8-12)24-14-6-11(9-19)4-5-13(14)18-2;1-3(4)2-5/h4-6,12,15-16,18-19H,7-9H2,1-3H3;2-3H,4H2,1H3. The number of ether oxygens (including phenoxy) is 4. The van der Waals surface area contributed by atoms with Crippen LogP contribution >= 0.6 is 0 Å². The van der Waals surface area contributed by atoms with Crippen LogP contribution < -0.4 is 15.8 Å². The van der Waals surface area contributed by atoms with Gasteiger partial charge in [0.1, 0.15) is 18.1 Å². The Labute approximate surface area is 175 Å². The lowest BCUT2D eigenvalue weighted by atomic mass is 10.0. The van der Waals surface area contributed by atoms with E-state index in [-0.39, 0.29) is 25.5 Å². The van der Waals surface area contributed by atoms with Crippen molar-refractivity contribution in [1.29, 1.82) is 0 Å². The topological polar surface area (TPSA) is 146 Å². The molecule has 1 fully saturated rings. The van der Waals surface area contributed by atoms with Crippen LogP contribution in [0.1, 0.15) is 32.3 Å². The van der Waals surface area contributed by atoms with Gasteiger partial charge in [0, 0.05) is 26.8 Å². The molecule has 168 valence electrons. The lowest BCUT2D eigenvalue weighted by Crippen LogP contribution is -2.44. The number of esters is 2. The summed E-state index contributed by atoms with van der Waals surface area (Å²) in [5.41, 5.74) is 6.29. The van der Waals surface area contributed by atoms with Crippen LogP contribution in [0.2, 0.25) is 0 Å². The summed E-state index contributed by atoms with van der Waals surface area (Å²) in [5, 5.41) is 12.3. The molecule has 0 bridgehead atoms. The maximum absolute atomic E-state index is 11.8. The normalized spacial score (nSPS) is 21.3. The molecule has 0 aliphatic carbocycles. The molecule has 0 radical (unpaired) electrons. The van der Waals surface area contributed by atoms with E-state index >= 15 is 0 Å². The number of aldehydes is 1. The average Bonchev–Trinajstić information content (AvgIpc) is 2.72. The molecule has 0 saturated carbocycles. The third-order valence-corrected chi connectivity index (χ3v) is 4.02. The highest BCUT2D eigenvalue weighted by Gasteiger charge is 2.37. The van der Waals surface area contributed by atoms with Crippen molar-refractivity contribution in [3.8, 4) is 5.75 Å². The zero-order valence-electron chi connectivity index (χ0n) is 17.6. The lowest BCUT2D eigenvalue weighted by Gasteiger charge is -2.33. The summed E-state index contributed by atoms with van der Waals surface area (Å²) in [4.78, 5) is 32.5. The second kappa shape index (κ2) is 12.8. The molecule has 4 unspecified atom stereocenters. The fourth-order valence-electron chi connectivity index (χ4n) is 2.64. The number of hydrogen-bond donors (Lipinski definition) is 3. The van der Waals surface area contributed by atoms with E-state index in [1.165, 1.54) is 14.0 Å². The molecule has 4 N–H and O–H groups in total. The molecule has 1 aliphatic heterocycles. The molecule has 0 spiro atoms. The minimum atomic E-state index is -0.882. The van der Waals surface area contributed by atoms with Crippen LogP contribution in [-0.4, -0.2) is 62.0 Å². The number of nitrogens with two attached hydrogens (primary N) is 1. The number of hydrogen-bond acceptors (Lipinski definition) is 10. The SMILES string of the molecule is CC(N)C=O.CNc1ccc(CO)cc1OC1CC(OC(C)=O)CC(C(=O)OC)O1. The number of aliphatic hydroxyl groups excluding tert-OH is 1. The highest BCUT2D eigenvalue weighted by atomic mass is 16.7. The van der Waals surface area contributed by atoms with Crippen molar-refractivity contribution in [3.05, 3.63) is 23.8 Å². The zero-order valence-corrected chi connectivity index (χ0v) is 17.6. The van der Waals surface area contributed by atoms with Crippen molar-refractivity contribution >= 4 is 23.9 Å². The van der Waals surface area contributed by atoms with Crippen LogP contribution in [-0.2, 0) is 35.2 Å². The Balaban J connectivity index is 0.000000804. The Morgan fingerprint density at radius 1 is 1.40 bits per heavy atom. The molecule has 1 aliphatic rings. The Bertz CT molecular complexity index is 710. The molecular formula is C20H30N2O8. The summed E-state index contributed by atoms with van der Waals surface area (Å²) in [6.45, 7) is 2.81. The summed E-state index contributed by atoms with van der Waals surface area (Å²) in [5.74, 6) is -0.526. The first-order valence-electron chi connectivity index (χ1n) is 9.43. The van der Waals surface area contributed by atoms with Crippen molar-refractivity contribution in [3.63, 3.8) is 0 Å². The lowest BCUT2D eigenvalue weighted by molar-refractivity contribution is -0.204. The van der Waals surface area contributed by atoms with Gasteiger partial charge in [-0.3, -0.25) is 4.79 Å². The molecular weight excluding hydrogens is 396 g/mol. The van der Waals surface area contributed by atoms with Gasteiger partial charge in [-0.15, -0.1) is 0 Å². The third kappa shape index (κ3) is 8.36. The molecule has 1 saturated heterocycles. The first kappa shape index (κ1) is 25.3. The quantitative estimate of drug-likeness (QED) is 0.421. The molecule has 1 heterocycles. The molecule has 0 amide bonds. The molecule has 1 aromatic carbocycles. The smallest absolute Gasteiger partial charge is 0.335 e. The highest BCUT2D eigenvalue weighted by molar-refractivity contribution is 5.75. The number of aliphatic hydroxyl groups is 1. The van der Waals surface area contributed by atoms with E-state index in [0.29, 0.717) is 23.3 Å². The number of rotatable bonds is 7. The Morgan fingerprint density at radius 3 is 2.57 bits per heavy atom. The molecule has 30 heavy (non-hydrogen) atoms. The van der Waals surface area contributed by atoms with E-state index in [0.717, 1.165) is 0 Å². The largest absolute Gasteiger partial charge is 0.467 e. The number of methoxy groups -OCH3 is 1. The Kier molecular flexibility index (Phi) is 10.8. The first-order chi connectivity index (χ1) is 14.2. The summed E-state index contributed by atoms with van der Waals surface area (Å²) in [6, 6.07) is 4.91. The molecule has 1 aromatic rings. The zero-order chi connectivity index (χ0) is 22.7. The summed E-state index contributed by atoms with van der Waals surface area (Å²) < 4.78 is 21.5. The number of nitrogens with one attached hydrogen (secondary N) is 1. The van der Waals surface area contributed by atoms with E-state index in [2.05, 4.69) is 5.32 Å². The second-order valence-corrected chi connectivity index (χ2v) is 6.63. The summed E-state index contributed by atoms with van der Waals surface area (Å²) in [7, 11) is 3.00. The third-order valence-electron chi connectivity index (χ3n) is 4.02. The fourth-order valence-corrected chi connectivity index (χ4v) is 2.64. The van der Waals surface area contributed by atoms with E-state index in [1.807, 2.05) is 0 Å². The molecule has 4 atom stereocenters. The maximum Gasteiger partial charge on any atom is 0.335 e. The minimum Gasteiger partial charge on any atom is -0.467 e. The van der Waals surface area contributed by atoms with Gasteiger partial charge in [0.2, 0.25) is 6.29 Å². The maximum atomic E-state index is 11.8. The van der Waals surface area contributed by atoms with Crippen molar-refractivity contribution in [1.82, 2.24) is 0 Å². The van der Waals surface area contributed by atoms with Gasteiger partial charge >= 0.3 is 11.9 Å². The molecule has 10 nitrogen and oxygen atoms in total. The number of anilines is 1. The van der Waals surface area contributed by atoms with Gasteiger partial charge in [-0.1, -0.05) is 6.07 Å². The number of carbonyl (C=O) groups is 3. The highest BCUT2D eigenvalue weighted by Crippen LogP contribution is 2.31. The van der Waals surface area contributed by atoms with Gasteiger partial charge in [0.25, 0.3) is 0 Å². The van der Waals surface area contributed by atoms with Gasteiger partial charge in [-0.2, -0.15) is 0 Å². The van der Waals surface area contributed by atoms with Gasteiger partial charge < -0.3 is 39.9 Å². The second-order valence-electron chi connectivity index (χ2n) is 6.63. The van der Waals surface area contributed by atoms with Crippen LogP contribution in [0.15, 0.2) is 18.2 Å². The van der Waals surface area contributed by atoms with Crippen molar-refractivity contribution < 1.29 is 38.4 Å². The van der Waals surface area contributed by atoms with Crippen LogP contribution in [0.5, 0.6) is 5.75 Å². The Morgan fingerprint density at radius 2 is 2.07 bits per heavy atom.